The van der Waals surface area contributed by atoms with Gasteiger partial charge in [-0.1, -0.05) is 44.9 Å². The Kier molecular flexibility index (Phi) is 10.6. The fourth-order valence-corrected chi connectivity index (χ4v) is 5.93. The fourth-order valence-electron chi connectivity index (χ4n) is 5.93. The first-order valence-electron chi connectivity index (χ1n) is 15.1. The smallest absolute Gasteiger partial charge is 0.246 e. The number of nitrogens with one attached hydrogen (secondary N) is 3. The number of piperidine rings is 1. The number of aldehydes is 1. The van der Waals surface area contributed by atoms with Crippen LogP contribution in [-0.4, -0.2) is 77.4 Å². The van der Waals surface area contributed by atoms with Gasteiger partial charge in [0.05, 0.1) is 5.52 Å². The van der Waals surface area contributed by atoms with Crippen molar-refractivity contribution in [1.29, 1.82) is 0 Å². The molecule has 0 aliphatic carbocycles. The van der Waals surface area contributed by atoms with Gasteiger partial charge in [0.15, 0.2) is 0 Å². The Labute approximate surface area is 246 Å². The van der Waals surface area contributed by atoms with Gasteiger partial charge in [0.2, 0.25) is 23.6 Å². The van der Waals surface area contributed by atoms with Gasteiger partial charge >= 0.3 is 0 Å². The zero-order chi connectivity index (χ0) is 30.2. The molecule has 228 valence electrons. The molecule has 0 unspecified atom stereocenters. The molecule has 2 aromatic rings. The Balaban J connectivity index is 1.71. The van der Waals surface area contributed by atoms with Crippen LogP contribution >= 0.6 is 0 Å². The van der Waals surface area contributed by atoms with Crippen molar-refractivity contribution in [1.82, 2.24) is 25.6 Å². The Morgan fingerprint density at radius 3 is 2.48 bits per heavy atom. The summed E-state index contributed by atoms with van der Waals surface area (Å²) in [6, 6.07) is 4.13. The Morgan fingerprint density at radius 2 is 1.74 bits per heavy atom. The van der Waals surface area contributed by atoms with Crippen molar-refractivity contribution in [3.63, 3.8) is 0 Å². The minimum Gasteiger partial charge on any atom is -0.417 e. The molecule has 3 N–H and O–H groups in total. The molecule has 0 bridgehead atoms. The van der Waals surface area contributed by atoms with E-state index in [4.69, 9.17) is 4.84 Å². The van der Waals surface area contributed by atoms with Gasteiger partial charge in [0.25, 0.3) is 0 Å². The van der Waals surface area contributed by atoms with E-state index in [1.807, 2.05) is 38.1 Å². The molecule has 0 spiro atoms. The third-order valence-corrected chi connectivity index (χ3v) is 8.58. The highest BCUT2D eigenvalue weighted by Gasteiger charge is 2.40. The van der Waals surface area contributed by atoms with Gasteiger partial charge in [-0.15, -0.1) is 0 Å². The number of carbonyl (C=O) groups excluding carboxylic acids is 5. The van der Waals surface area contributed by atoms with Crippen LogP contribution in [0.4, 0.5) is 0 Å². The molecule has 2 aliphatic heterocycles. The molecule has 2 fully saturated rings. The Hall–Kier alpha value is -3.89. The second-order valence-electron chi connectivity index (χ2n) is 11.4. The number of hydrogen-bond donors (Lipinski definition) is 3. The highest BCUT2D eigenvalue weighted by molar-refractivity contribution is 5.98. The zero-order valence-corrected chi connectivity index (χ0v) is 24.8. The van der Waals surface area contributed by atoms with Crippen LogP contribution in [0.25, 0.3) is 10.9 Å². The van der Waals surface area contributed by atoms with Gasteiger partial charge in [-0.05, 0) is 49.7 Å². The van der Waals surface area contributed by atoms with Gasteiger partial charge in [0, 0.05) is 31.0 Å². The van der Waals surface area contributed by atoms with E-state index in [9.17, 15) is 24.0 Å². The molecular weight excluding hydrogens is 538 g/mol. The standard InChI is InChI=1S/C31H43N5O6/c1-4-20(2)27-31(41)35-16-10-9-15-26(35)30(40)32-23(13-6-5-11-17-37)28(38)33-24(29(39)34-27)18-21-19-36(42-3)25-14-8-7-12-22(21)25/h7-8,12,14,17,19-20,23-24,26-27H,4-6,9-11,13,15-16,18H2,1-3H3,(H,32,40)(H,33,38)(H,34,39)/t20-,23-,24-,26+,27-/m0/s1. The zero-order valence-electron chi connectivity index (χ0n) is 24.8. The van der Waals surface area contributed by atoms with Crippen LogP contribution in [0, 0.1) is 5.92 Å². The van der Waals surface area contributed by atoms with Crippen molar-refractivity contribution < 1.29 is 28.8 Å². The lowest BCUT2D eigenvalue weighted by Gasteiger charge is -2.39. The Bertz CT molecular complexity index is 1290. The van der Waals surface area contributed by atoms with E-state index in [0.29, 0.717) is 45.1 Å². The van der Waals surface area contributed by atoms with Crippen LogP contribution in [0.1, 0.15) is 70.8 Å². The van der Waals surface area contributed by atoms with Crippen LogP contribution < -0.4 is 20.8 Å². The molecule has 4 rings (SSSR count). The Morgan fingerprint density at radius 1 is 1.00 bits per heavy atom. The number of aromatic nitrogens is 1. The summed E-state index contributed by atoms with van der Waals surface area (Å²) in [5, 5.41) is 9.62. The van der Waals surface area contributed by atoms with Gasteiger partial charge in [-0.25, -0.2) is 0 Å². The number of para-hydroxylation sites is 1. The quantitative estimate of drug-likeness (QED) is 0.289. The largest absolute Gasteiger partial charge is 0.417 e. The van der Waals surface area contributed by atoms with Gasteiger partial charge in [0.1, 0.15) is 37.6 Å². The van der Waals surface area contributed by atoms with Crippen LogP contribution in [-0.2, 0) is 30.4 Å². The van der Waals surface area contributed by atoms with Crippen molar-refractivity contribution in [2.24, 2.45) is 5.92 Å². The molecule has 0 saturated carbocycles. The maximum absolute atomic E-state index is 13.9. The third kappa shape index (κ3) is 6.94. The summed E-state index contributed by atoms with van der Waals surface area (Å²) in [6.07, 6.45) is 7.23. The lowest BCUT2D eigenvalue weighted by Crippen LogP contribution is -2.64. The van der Waals surface area contributed by atoms with E-state index in [-0.39, 0.29) is 24.2 Å². The lowest BCUT2D eigenvalue weighted by atomic mass is 9.93. The fraction of sp³-hybridized carbons (Fsp3) is 0.581. The molecule has 4 amide bonds. The number of nitrogens with zero attached hydrogens (tertiary/aromatic N) is 2. The van der Waals surface area contributed by atoms with Crippen molar-refractivity contribution in [2.45, 2.75) is 95.8 Å². The van der Waals surface area contributed by atoms with Crippen molar-refractivity contribution in [3.8, 4) is 0 Å². The number of unbranched alkanes of at least 4 members (excludes halogenated alkanes) is 2. The second kappa shape index (κ2) is 14.3. The molecule has 3 heterocycles. The van der Waals surface area contributed by atoms with Crippen molar-refractivity contribution in [3.05, 3.63) is 36.0 Å². The third-order valence-electron chi connectivity index (χ3n) is 8.58. The predicted molar refractivity (Wildman–Crippen MR) is 157 cm³/mol. The van der Waals surface area contributed by atoms with Gasteiger partial charge < -0.3 is 30.5 Å². The first-order chi connectivity index (χ1) is 20.3. The summed E-state index contributed by atoms with van der Waals surface area (Å²) in [5.41, 5.74) is 1.60. The number of benzene rings is 1. The topological polar surface area (TPSA) is 139 Å². The predicted octanol–water partition coefficient (Wildman–Crippen LogP) is 1.90. The SMILES string of the molecule is CC[C@H](C)[C@@H]1NC(=O)[C@H](Cc2cn(OC)c3ccccc23)NC(=O)[C@H](CCCCC=O)NC(=O)[C@H]2CCCCN2C1=O. The van der Waals surface area contributed by atoms with Gasteiger partial charge in [-0.3, -0.25) is 19.2 Å². The van der Waals surface area contributed by atoms with Gasteiger partial charge in [-0.2, -0.15) is 4.73 Å². The van der Waals surface area contributed by atoms with Crippen LogP contribution in [0.5, 0.6) is 0 Å². The highest BCUT2D eigenvalue weighted by Crippen LogP contribution is 2.24. The molecule has 2 saturated heterocycles. The summed E-state index contributed by atoms with van der Waals surface area (Å²) in [7, 11) is 1.55. The molecule has 2 aliphatic rings. The monoisotopic (exact) mass is 581 g/mol. The van der Waals surface area contributed by atoms with E-state index in [1.165, 1.54) is 0 Å². The second-order valence-corrected chi connectivity index (χ2v) is 11.4. The molecule has 5 atom stereocenters. The number of hydrogen-bond acceptors (Lipinski definition) is 6. The highest BCUT2D eigenvalue weighted by atomic mass is 16.6. The average molecular weight is 582 g/mol. The average Bonchev–Trinajstić information content (AvgIpc) is 3.36. The van der Waals surface area contributed by atoms with E-state index in [0.717, 1.165) is 35.6 Å². The van der Waals surface area contributed by atoms with Crippen molar-refractivity contribution >= 4 is 40.8 Å². The van der Waals surface area contributed by atoms with Crippen molar-refractivity contribution in [2.75, 3.05) is 13.7 Å². The molecule has 42 heavy (non-hydrogen) atoms. The van der Waals surface area contributed by atoms with E-state index < -0.39 is 36.0 Å². The molecule has 1 aromatic heterocycles. The molecular formula is C31H43N5O6. The van der Waals surface area contributed by atoms with Crippen LogP contribution in [0.3, 0.4) is 0 Å². The summed E-state index contributed by atoms with van der Waals surface area (Å²) in [4.78, 5) is 73.1. The van der Waals surface area contributed by atoms with E-state index >= 15 is 0 Å². The number of carbonyl (C=O) groups is 5. The number of rotatable bonds is 10. The maximum atomic E-state index is 13.9. The summed E-state index contributed by atoms with van der Waals surface area (Å²) in [6.45, 7) is 4.27. The van der Waals surface area contributed by atoms with Crippen LogP contribution in [0.2, 0.25) is 0 Å². The molecule has 0 radical (unpaired) electrons. The van der Waals surface area contributed by atoms with E-state index in [1.54, 1.807) is 22.9 Å². The molecule has 11 heteroatoms. The minimum absolute atomic E-state index is 0.147. The minimum atomic E-state index is -1.01. The number of amides is 4. The number of fused-ring (bicyclic) bond motifs is 2. The first kappa shape index (κ1) is 31.1. The van der Waals surface area contributed by atoms with E-state index in [2.05, 4.69) is 16.0 Å². The first-order valence-corrected chi connectivity index (χ1v) is 15.1. The lowest BCUT2D eigenvalue weighted by molar-refractivity contribution is -0.147. The maximum Gasteiger partial charge on any atom is 0.246 e. The van der Waals surface area contributed by atoms with Crippen LogP contribution in [0.15, 0.2) is 30.5 Å². The summed E-state index contributed by atoms with van der Waals surface area (Å²) in [5.74, 6) is -1.77. The summed E-state index contributed by atoms with van der Waals surface area (Å²) >= 11 is 0. The summed E-state index contributed by atoms with van der Waals surface area (Å²) < 4.78 is 1.61. The normalized spacial score (nSPS) is 24.5. The molecule has 1 aromatic carbocycles. The molecule has 11 nitrogen and oxygen atoms in total.